The fourth-order valence-corrected chi connectivity index (χ4v) is 1.98. The van der Waals surface area contributed by atoms with Gasteiger partial charge in [-0.25, -0.2) is 0 Å². The molecule has 0 aliphatic heterocycles. The lowest BCUT2D eigenvalue weighted by Gasteiger charge is -2.10. The van der Waals surface area contributed by atoms with Gasteiger partial charge < -0.3 is 10.5 Å². The third kappa shape index (κ3) is 4.07. The van der Waals surface area contributed by atoms with Gasteiger partial charge >= 0.3 is 0 Å². The van der Waals surface area contributed by atoms with E-state index in [4.69, 9.17) is 10.5 Å². The molecule has 0 amide bonds. The quantitative estimate of drug-likeness (QED) is 0.808. The summed E-state index contributed by atoms with van der Waals surface area (Å²) in [6.07, 6.45) is 2.01. The highest BCUT2D eigenvalue weighted by Crippen LogP contribution is 2.16. The normalized spacial score (nSPS) is 10.4. The molecule has 0 saturated carbocycles. The van der Waals surface area contributed by atoms with Crippen molar-refractivity contribution in [3.05, 3.63) is 59.4 Å². The van der Waals surface area contributed by atoms with Gasteiger partial charge in [0.15, 0.2) is 0 Å². The van der Waals surface area contributed by atoms with Crippen LogP contribution in [0.15, 0.2) is 42.5 Å². The van der Waals surface area contributed by atoms with E-state index in [9.17, 15) is 0 Å². The zero-order valence-electron chi connectivity index (χ0n) is 11.3. The first kappa shape index (κ1) is 13.6. The Balaban J connectivity index is 1.83. The number of hydrogen-bond donors (Lipinski definition) is 1. The molecule has 1 aromatic carbocycles. The van der Waals surface area contributed by atoms with Crippen LogP contribution in [0, 0.1) is 6.92 Å². The van der Waals surface area contributed by atoms with E-state index in [0.29, 0.717) is 13.2 Å². The van der Waals surface area contributed by atoms with Gasteiger partial charge in [-0.05, 0) is 37.5 Å². The van der Waals surface area contributed by atoms with Gasteiger partial charge in [0.25, 0.3) is 0 Å². The minimum Gasteiger partial charge on any atom is -0.492 e. The summed E-state index contributed by atoms with van der Waals surface area (Å²) < 4.78 is 5.76. The van der Waals surface area contributed by atoms with E-state index in [2.05, 4.69) is 29.2 Å². The maximum Gasteiger partial charge on any atom is 0.142 e. The van der Waals surface area contributed by atoms with Crippen molar-refractivity contribution in [1.82, 2.24) is 4.98 Å². The van der Waals surface area contributed by atoms with Crippen molar-refractivity contribution in [3.8, 4) is 5.75 Å². The molecule has 100 valence electrons. The molecular formula is C16H20N2O. The molecule has 2 rings (SSSR count). The van der Waals surface area contributed by atoms with Gasteiger partial charge in [-0.1, -0.05) is 30.3 Å². The van der Waals surface area contributed by atoms with Crippen LogP contribution in [0.4, 0.5) is 0 Å². The second-order valence-corrected chi connectivity index (χ2v) is 4.54. The predicted octanol–water partition coefficient (Wildman–Crippen LogP) is 2.86. The van der Waals surface area contributed by atoms with Crippen LogP contribution in [0.25, 0.3) is 0 Å². The molecule has 0 bridgehead atoms. The second kappa shape index (κ2) is 6.90. The summed E-state index contributed by atoms with van der Waals surface area (Å²) in [4.78, 5) is 4.38. The van der Waals surface area contributed by atoms with Crippen molar-refractivity contribution in [2.45, 2.75) is 26.3 Å². The van der Waals surface area contributed by atoms with Gasteiger partial charge in [0, 0.05) is 12.2 Å². The molecule has 0 aliphatic rings. The first-order valence-corrected chi connectivity index (χ1v) is 6.63. The Morgan fingerprint density at radius 1 is 1.11 bits per heavy atom. The number of hydrogen-bond acceptors (Lipinski definition) is 3. The maximum atomic E-state index is 5.76. The van der Waals surface area contributed by atoms with Crippen LogP contribution >= 0.6 is 0 Å². The minimum absolute atomic E-state index is 0.412. The van der Waals surface area contributed by atoms with Crippen LogP contribution in [0.5, 0.6) is 5.75 Å². The van der Waals surface area contributed by atoms with E-state index in [1.165, 1.54) is 5.56 Å². The first-order chi connectivity index (χ1) is 9.29. The summed E-state index contributed by atoms with van der Waals surface area (Å²) in [5.74, 6) is 0.807. The number of aromatic nitrogens is 1. The Morgan fingerprint density at radius 3 is 2.63 bits per heavy atom. The van der Waals surface area contributed by atoms with Crippen molar-refractivity contribution in [1.29, 1.82) is 0 Å². The molecule has 0 fully saturated rings. The fraction of sp³-hybridized carbons (Fsp3) is 0.312. The van der Waals surface area contributed by atoms with E-state index in [-0.39, 0.29) is 0 Å². The average molecular weight is 256 g/mol. The van der Waals surface area contributed by atoms with Gasteiger partial charge in [-0.3, -0.25) is 4.98 Å². The topological polar surface area (TPSA) is 48.1 Å². The summed E-state index contributed by atoms with van der Waals surface area (Å²) in [6.45, 7) is 3.06. The Hall–Kier alpha value is -1.87. The molecule has 3 heteroatoms. The molecule has 2 N–H and O–H groups in total. The minimum atomic E-state index is 0.412. The van der Waals surface area contributed by atoms with Gasteiger partial charge in [0.1, 0.15) is 5.75 Å². The van der Waals surface area contributed by atoms with Crippen molar-refractivity contribution >= 4 is 0 Å². The number of nitrogens with two attached hydrogens (primary N) is 1. The predicted molar refractivity (Wildman–Crippen MR) is 77.1 cm³/mol. The number of nitrogens with zero attached hydrogens (tertiary/aromatic N) is 1. The number of rotatable bonds is 6. The van der Waals surface area contributed by atoms with Gasteiger partial charge in [0.2, 0.25) is 0 Å². The number of aryl methyl sites for hydroxylation is 2. The fourth-order valence-electron chi connectivity index (χ4n) is 1.98. The smallest absolute Gasteiger partial charge is 0.142 e. The van der Waals surface area contributed by atoms with E-state index >= 15 is 0 Å². The first-order valence-electron chi connectivity index (χ1n) is 6.63. The van der Waals surface area contributed by atoms with Crippen LogP contribution in [0.1, 0.15) is 23.4 Å². The highest BCUT2D eigenvalue weighted by molar-refractivity contribution is 5.29. The zero-order valence-corrected chi connectivity index (χ0v) is 11.3. The number of pyridine rings is 1. The summed E-state index contributed by atoms with van der Waals surface area (Å²) in [5.41, 5.74) is 8.81. The molecule has 0 atom stereocenters. The molecule has 0 radical (unpaired) electrons. The Kier molecular flexibility index (Phi) is 4.93. The third-order valence-electron chi connectivity index (χ3n) is 2.98. The molecule has 0 saturated heterocycles. The Morgan fingerprint density at radius 2 is 1.89 bits per heavy atom. The zero-order chi connectivity index (χ0) is 13.5. The number of ether oxygens (including phenoxy) is 1. The summed E-state index contributed by atoms with van der Waals surface area (Å²) >= 11 is 0. The van der Waals surface area contributed by atoms with Crippen LogP contribution in [-0.4, -0.2) is 11.6 Å². The maximum absolute atomic E-state index is 5.76. The van der Waals surface area contributed by atoms with E-state index in [1.807, 2.05) is 25.1 Å². The van der Waals surface area contributed by atoms with Crippen LogP contribution < -0.4 is 10.5 Å². The highest BCUT2D eigenvalue weighted by Gasteiger charge is 2.03. The highest BCUT2D eigenvalue weighted by atomic mass is 16.5. The van der Waals surface area contributed by atoms with Crippen molar-refractivity contribution in [3.63, 3.8) is 0 Å². The van der Waals surface area contributed by atoms with Crippen LogP contribution in [0.2, 0.25) is 0 Å². The van der Waals surface area contributed by atoms with Crippen molar-refractivity contribution < 1.29 is 4.74 Å². The molecule has 19 heavy (non-hydrogen) atoms. The molecule has 0 unspecified atom stereocenters. The molecule has 2 aromatic rings. The third-order valence-corrected chi connectivity index (χ3v) is 2.98. The lowest BCUT2D eigenvalue weighted by molar-refractivity contribution is 0.306. The summed E-state index contributed by atoms with van der Waals surface area (Å²) in [7, 11) is 0. The van der Waals surface area contributed by atoms with E-state index in [1.54, 1.807) is 0 Å². The van der Waals surface area contributed by atoms with Crippen molar-refractivity contribution in [2.75, 3.05) is 6.61 Å². The summed E-state index contributed by atoms with van der Waals surface area (Å²) in [6, 6.07) is 14.3. The van der Waals surface area contributed by atoms with Gasteiger partial charge in [-0.15, -0.1) is 0 Å². The van der Waals surface area contributed by atoms with E-state index in [0.717, 1.165) is 30.0 Å². The lowest BCUT2D eigenvalue weighted by Crippen LogP contribution is -2.07. The van der Waals surface area contributed by atoms with Gasteiger partial charge in [-0.2, -0.15) is 0 Å². The Labute approximate surface area is 114 Å². The molecule has 0 spiro atoms. The average Bonchev–Trinajstić information content (AvgIpc) is 2.46. The molecule has 3 nitrogen and oxygen atoms in total. The molecule has 1 aromatic heterocycles. The Bertz CT molecular complexity index is 511. The standard InChI is InChI=1S/C16H20N2O/c1-13-9-10-16(15(12-17)18-13)19-11-5-8-14-6-3-2-4-7-14/h2-4,6-7,9-10H,5,8,11-12,17H2,1H3. The van der Waals surface area contributed by atoms with E-state index < -0.39 is 0 Å². The van der Waals surface area contributed by atoms with Crippen LogP contribution in [0.3, 0.4) is 0 Å². The van der Waals surface area contributed by atoms with Crippen molar-refractivity contribution in [2.24, 2.45) is 5.73 Å². The lowest BCUT2D eigenvalue weighted by atomic mass is 10.1. The molecule has 1 heterocycles. The largest absolute Gasteiger partial charge is 0.492 e. The SMILES string of the molecule is Cc1ccc(OCCCc2ccccc2)c(CN)n1. The monoisotopic (exact) mass is 256 g/mol. The molecular weight excluding hydrogens is 236 g/mol. The number of benzene rings is 1. The second-order valence-electron chi connectivity index (χ2n) is 4.54. The summed E-state index contributed by atoms with van der Waals surface area (Å²) in [5, 5.41) is 0. The molecule has 0 aliphatic carbocycles. The van der Waals surface area contributed by atoms with Gasteiger partial charge in [0.05, 0.1) is 12.3 Å². The van der Waals surface area contributed by atoms with Crippen LogP contribution in [-0.2, 0) is 13.0 Å².